The van der Waals surface area contributed by atoms with Crippen LogP contribution >= 0.6 is 23.2 Å². The molecule has 1 aromatic heterocycles. The Bertz CT molecular complexity index is 626. The van der Waals surface area contributed by atoms with Crippen LogP contribution < -0.4 is 0 Å². The van der Waals surface area contributed by atoms with E-state index in [1.54, 1.807) is 6.07 Å². The van der Waals surface area contributed by atoms with Crippen molar-refractivity contribution in [2.45, 2.75) is 32.7 Å². The lowest BCUT2D eigenvalue weighted by Gasteiger charge is -2.12. The highest BCUT2D eigenvalue weighted by Gasteiger charge is 2.16. The Kier molecular flexibility index (Phi) is 5.47. The van der Waals surface area contributed by atoms with Gasteiger partial charge in [0.15, 0.2) is 0 Å². The fourth-order valence-corrected chi connectivity index (χ4v) is 2.48. The highest BCUT2D eigenvalue weighted by Crippen LogP contribution is 2.28. The molecule has 0 amide bonds. The minimum Gasteiger partial charge on any atom is -0.379 e. The number of fused-ring (bicyclic) bond motifs is 1. The molecule has 2 rings (SSSR count). The Morgan fingerprint density at radius 1 is 1.33 bits per heavy atom. The van der Waals surface area contributed by atoms with Gasteiger partial charge in [-0.05, 0) is 18.9 Å². The molecule has 0 aliphatic carbocycles. The highest BCUT2D eigenvalue weighted by atomic mass is 35.5. The molecule has 0 N–H and O–H groups in total. The minimum absolute atomic E-state index is 0.0838. The lowest BCUT2D eigenvalue weighted by Crippen LogP contribution is -2.12. The molecule has 0 saturated heterocycles. The van der Waals surface area contributed by atoms with Crippen molar-refractivity contribution in [3.63, 3.8) is 0 Å². The summed E-state index contributed by atoms with van der Waals surface area (Å²) in [5, 5.41) is -0.190. The van der Waals surface area contributed by atoms with Gasteiger partial charge in [-0.1, -0.05) is 25.4 Å². The number of ether oxygens (including phenoxy) is 1. The molecule has 6 heteroatoms. The molecule has 2 aromatic rings. The van der Waals surface area contributed by atoms with E-state index in [0.29, 0.717) is 37.0 Å². The molecule has 1 atom stereocenters. The standard InChI is InChI=1S/C15H19Cl2FN2O/c1-9(2)8-21-5-4-20-14-6-11(17)12(18)7-13(14)19-15(20)10(3)16/h6-7,9-10H,4-5,8H2,1-3H3. The quantitative estimate of drug-likeness (QED) is 0.561. The first-order chi connectivity index (χ1) is 9.90. The van der Waals surface area contributed by atoms with Gasteiger partial charge in [0.25, 0.3) is 0 Å². The molecule has 3 nitrogen and oxygen atoms in total. The van der Waals surface area contributed by atoms with Gasteiger partial charge in [-0.2, -0.15) is 0 Å². The zero-order chi connectivity index (χ0) is 15.6. The molecule has 0 saturated carbocycles. The van der Waals surface area contributed by atoms with E-state index in [1.165, 1.54) is 6.07 Å². The maximum atomic E-state index is 13.5. The molecule has 0 radical (unpaired) electrons. The SMILES string of the molecule is CC(C)COCCn1c(C(C)Cl)nc2cc(F)c(Cl)cc21. The first-order valence-electron chi connectivity index (χ1n) is 6.97. The van der Waals surface area contributed by atoms with E-state index >= 15 is 0 Å². The van der Waals surface area contributed by atoms with Crippen LogP contribution in [0.4, 0.5) is 4.39 Å². The number of imidazole rings is 1. The van der Waals surface area contributed by atoms with Gasteiger partial charge < -0.3 is 9.30 Å². The van der Waals surface area contributed by atoms with Crippen LogP contribution in [0.2, 0.25) is 5.02 Å². The third-order valence-corrected chi connectivity index (χ3v) is 3.57. The molecule has 116 valence electrons. The third kappa shape index (κ3) is 3.87. The number of nitrogens with zero attached hydrogens (tertiary/aromatic N) is 2. The first kappa shape index (κ1) is 16.5. The maximum absolute atomic E-state index is 13.5. The summed E-state index contributed by atoms with van der Waals surface area (Å²) >= 11 is 12.0. The van der Waals surface area contributed by atoms with E-state index < -0.39 is 5.82 Å². The van der Waals surface area contributed by atoms with Crippen LogP contribution in [-0.4, -0.2) is 22.8 Å². The van der Waals surface area contributed by atoms with E-state index in [0.717, 1.165) is 5.52 Å². The van der Waals surface area contributed by atoms with Crippen LogP contribution in [0.5, 0.6) is 0 Å². The number of alkyl halides is 1. The van der Waals surface area contributed by atoms with Gasteiger partial charge in [-0.15, -0.1) is 11.6 Å². The number of rotatable bonds is 6. The number of halogens is 3. The van der Waals surface area contributed by atoms with Crippen LogP contribution in [0.15, 0.2) is 12.1 Å². The van der Waals surface area contributed by atoms with Crippen molar-refractivity contribution in [1.29, 1.82) is 0 Å². The molecule has 1 heterocycles. The average molecular weight is 333 g/mol. The third-order valence-electron chi connectivity index (χ3n) is 3.09. The summed E-state index contributed by atoms with van der Waals surface area (Å²) < 4.78 is 21.1. The number of benzene rings is 1. The Morgan fingerprint density at radius 2 is 2.05 bits per heavy atom. The van der Waals surface area contributed by atoms with Gasteiger partial charge in [0, 0.05) is 19.2 Å². The summed E-state index contributed by atoms with van der Waals surface area (Å²) in [6, 6.07) is 2.93. The molecule has 0 spiro atoms. The Morgan fingerprint density at radius 3 is 2.67 bits per heavy atom. The van der Waals surface area contributed by atoms with E-state index in [9.17, 15) is 4.39 Å². The van der Waals surface area contributed by atoms with Crippen LogP contribution in [-0.2, 0) is 11.3 Å². The van der Waals surface area contributed by atoms with Crippen molar-refractivity contribution < 1.29 is 9.13 Å². The summed E-state index contributed by atoms with van der Waals surface area (Å²) in [4.78, 5) is 4.40. The van der Waals surface area contributed by atoms with Crippen molar-refractivity contribution in [2.24, 2.45) is 5.92 Å². The second kappa shape index (κ2) is 6.95. The molecule has 0 fully saturated rings. The summed E-state index contributed by atoms with van der Waals surface area (Å²) in [5.74, 6) is 0.708. The Hall–Kier alpha value is -0.840. The van der Waals surface area contributed by atoms with Crippen molar-refractivity contribution in [2.75, 3.05) is 13.2 Å². The number of hydrogen-bond donors (Lipinski definition) is 0. The molecular formula is C15H19Cl2FN2O. The summed E-state index contributed by atoms with van der Waals surface area (Å²) in [7, 11) is 0. The molecular weight excluding hydrogens is 314 g/mol. The highest BCUT2D eigenvalue weighted by molar-refractivity contribution is 6.31. The van der Waals surface area contributed by atoms with Crippen LogP contribution in [0.3, 0.4) is 0 Å². The maximum Gasteiger partial charge on any atom is 0.144 e. The smallest absolute Gasteiger partial charge is 0.144 e. The van der Waals surface area contributed by atoms with Crippen molar-refractivity contribution >= 4 is 34.2 Å². The van der Waals surface area contributed by atoms with E-state index in [2.05, 4.69) is 18.8 Å². The fourth-order valence-electron chi connectivity index (χ4n) is 2.15. The monoisotopic (exact) mass is 332 g/mol. The normalized spacial score (nSPS) is 13.3. The second-order valence-corrected chi connectivity index (χ2v) is 6.52. The van der Waals surface area contributed by atoms with E-state index in [-0.39, 0.29) is 10.4 Å². The van der Waals surface area contributed by atoms with Gasteiger partial charge in [-0.25, -0.2) is 9.37 Å². The summed E-state index contributed by atoms with van der Waals surface area (Å²) in [6.07, 6.45) is 0. The zero-order valence-electron chi connectivity index (χ0n) is 12.4. The van der Waals surface area contributed by atoms with Gasteiger partial charge in [0.2, 0.25) is 0 Å². The van der Waals surface area contributed by atoms with Gasteiger partial charge in [-0.3, -0.25) is 0 Å². The van der Waals surface area contributed by atoms with Gasteiger partial charge in [0.05, 0.1) is 28.0 Å². The van der Waals surface area contributed by atoms with E-state index in [4.69, 9.17) is 27.9 Å². The van der Waals surface area contributed by atoms with Crippen molar-refractivity contribution in [3.8, 4) is 0 Å². The lowest BCUT2D eigenvalue weighted by atomic mass is 10.2. The Balaban J connectivity index is 2.30. The lowest BCUT2D eigenvalue weighted by molar-refractivity contribution is 0.103. The predicted molar refractivity (Wildman–Crippen MR) is 84.6 cm³/mol. The fraction of sp³-hybridized carbons (Fsp3) is 0.533. The largest absolute Gasteiger partial charge is 0.379 e. The summed E-state index contributed by atoms with van der Waals surface area (Å²) in [5.41, 5.74) is 1.33. The van der Waals surface area contributed by atoms with Crippen LogP contribution in [0, 0.1) is 11.7 Å². The van der Waals surface area contributed by atoms with Crippen molar-refractivity contribution in [1.82, 2.24) is 9.55 Å². The second-order valence-electron chi connectivity index (χ2n) is 5.46. The molecule has 0 aliphatic heterocycles. The molecule has 21 heavy (non-hydrogen) atoms. The molecule has 0 bridgehead atoms. The van der Waals surface area contributed by atoms with Crippen molar-refractivity contribution in [3.05, 3.63) is 28.8 Å². The topological polar surface area (TPSA) is 27.1 Å². The number of aromatic nitrogens is 2. The first-order valence-corrected chi connectivity index (χ1v) is 7.78. The van der Waals surface area contributed by atoms with Gasteiger partial charge >= 0.3 is 0 Å². The zero-order valence-corrected chi connectivity index (χ0v) is 13.9. The molecule has 0 aliphatic rings. The molecule has 1 aromatic carbocycles. The minimum atomic E-state index is -0.473. The predicted octanol–water partition coefficient (Wildman–Crippen LogP) is 4.80. The van der Waals surface area contributed by atoms with Gasteiger partial charge in [0.1, 0.15) is 11.6 Å². The van der Waals surface area contributed by atoms with E-state index in [1.807, 2.05) is 11.5 Å². The molecule has 1 unspecified atom stereocenters. The Labute approximate surface area is 134 Å². The number of hydrogen-bond acceptors (Lipinski definition) is 2. The average Bonchev–Trinajstić information content (AvgIpc) is 2.73. The van der Waals surface area contributed by atoms with Crippen LogP contribution in [0.1, 0.15) is 32.0 Å². The summed E-state index contributed by atoms with van der Waals surface area (Å²) in [6.45, 7) is 7.90. The van der Waals surface area contributed by atoms with Crippen LogP contribution in [0.25, 0.3) is 11.0 Å².